The van der Waals surface area contributed by atoms with Crippen molar-refractivity contribution in [1.82, 2.24) is 4.90 Å². The van der Waals surface area contributed by atoms with Crippen molar-refractivity contribution in [3.05, 3.63) is 29.8 Å². The molecule has 1 saturated heterocycles. The second-order valence-electron chi connectivity index (χ2n) is 9.46. The molecule has 0 radical (unpaired) electrons. The summed E-state index contributed by atoms with van der Waals surface area (Å²) in [6.45, 7) is 7.39. The average molecular weight is 463 g/mol. The number of likely N-dealkylation sites (N-methyl/N-ethyl adjacent to an activating group) is 1. The number of carbonyl (C=O) groups is 3. The first-order chi connectivity index (χ1) is 15.6. The van der Waals surface area contributed by atoms with Gasteiger partial charge in [0.1, 0.15) is 18.4 Å². The molecule has 3 atom stereocenters. The van der Waals surface area contributed by atoms with Gasteiger partial charge < -0.3 is 25.2 Å². The Balaban J connectivity index is 2.08. The highest BCUT2D eigenvalue weighted by atomic mass is 16.5. The number of benzene rings is 1. The van der Waals surface area contributed by atoms with Crippen LogP contribution in [0.3, 0.4) is 0 Å². The van der Waals surface area contributed by atoms with Crippen LogP contribution in [0.15, 0.2) is 24.3 Å². The van der Waals surface area contributed by atoms with Crippen molar-refractivity contribution in [3.8, 4) is 5.75 Å². The lowest BCUT2D eigenvalue weighted by molar-refractivity contribution is -0.156. The average Bonchev–Trinajstić information content (AvgIpc) is 2.97. The highest BCUT2D eigenvalue weighted by molar-refractivity contribution is 5.81. The van der Waals surface area contributed by atoms with Gasteiger partial charge in [-0.15, -0.1) is 0 Å². The van der Waals surface area contributed by atoms with Gasteiger partial charge in [-0.1, -0.05) is 39.3 Å². The molecular weight excluding hydrogens is 424 g/mol. The van der Waals surface area contributed by atoms with E-state index >= 15 is 0 Å². The summed E-state index contributed by atoms with van der Waals surface area (Å²) in [6, 6.07) is 6.39. The highest BCUT2D eigenvalue weighted by Crippen LogP contribution is 2.37. The van der Waals surface area contributed by atoms with E-state index in [0.29, 0.717) is 5.75 Å². The van der Waals surface area contributed by atoms with Crippen LogP contribution in [0.4, 0.5) is 0 Å². The summed E-state index contributed by atoms with van der Waals surface area (Å²) < 4.78 is 10.6. The van der Waals surface area contributed by atoms with Crippen LogP contribution in [-0.2, 0) is 24.5 Å². The first-order valence-corrected chi connectivity index (χ1v) is 11.7. The molecule has 0 aliphatic carbocycles. The van der Waals surface area contributed by atoms with Gasteiger partial charge in [0.05, 0.1) is 12.3 Å². The van der Waals surface area contributed by atoms with Crippen LogP contribution in [0.1, 0.15) is 58.4 Å². The Kier molecular flexibility index (Phi) is 9.86. The Bertz CT molecular complexity index is 827. The minimum atomic E-state index is -1.30. The summed E-state index contributed by atoms with van der Waals surface area (Å²) >= 11 is 0. The molecule has 1 fully saturated rings. The largest absolute Gasteiger partial charge is 0.480 e. The van der Waals surface area contributed by atoms with Crippen LogP contribution in [-0.4, -0.2) is 60.7 Å². The maximum atomic E-state index is 12.7. The van der Waals surface area contributed by atoms with E-state index in [9.17, 15) is 14.4 Å². The van der Waals surface area contributed by atoms with E-state index in [1.165, 1.54) is 6.42 Å². The Morgan fingerprint density at radius 3 is 2.61 bits per heavy atom. The quantitative estimate of drug-likeness (QED) is 0.402. The summed E-state index contributed by atoms with van der Waals surface area (Å²) in [5.41, 5.74) is 6.56. The lowest BCUT2D eigenvalue weighted by Gasteiger charge is -2.35. The van der Waals surface area contributed by atoms with Gasteiger partial charge in [0, 0.05) is 12.0 Å². The van der Waals surface area contributed by atoms with E-state index in [4.69, 9.17) is 20.3 Å². The number of rotatable bonds is 10. The molecular formula is C25H38N2O6. The highest BCUT2D eigenvalue weighted by Gasteiger charge is 2.34. The minimum absolute atomic E-state index is 0.0147. The van der Waals surface area contributed by atoms with Gasteiger partial charge in [-0.3, -0.25) is 14.4 Å². The number of hydrogen-bond donors (Lipinski definition) is 2. The fraction of sp³-hybridized carbons (Fsp3) is 0.640. The van der Waals surface area contributed by atoms with Crippen LogP contribution >= 0.6 is 0 Å². The molecule has 8 nitrogen and oxygen atoms in total. The third kappa shape index (κ3) is 7.54. The molecule has 1 aromatic carbocycles. The van der Waals surface area contributed by atoms with Crippen LogP contribution in [0, 0.1) is 11.8 Å². The molecule has 2 rings (SSSR count). The Labute approximate surface area is 196 Å². The molecule has 3 N–H and O–H groups in total. The number of carboxylic acids is 1. The summed E-state index contributed by atoms with van der Waals surface area (Å²) in [4.78, 5) is 38.3. The maximum Gasteiger partial charge on any atom is 0.324 e. The summed E-state index contributed by atoms with van der Waals surface area (Å²) in [5, 5.41) is 8.84. The second-order valence-corrected chi connectivity index (χ2v) is 9.46. The Morgan fingerprint density at radius 1 is 1.24 bits per heavy atom. The third-order valence-corrected chi connectivity index (χ3v) is 6.59. The number of likely N-dealkylation sites (tertiary alicyclic amines) is 1. The van der Waals surface area contributed by atoms with E-state index in [0.717, 1.165) is 37.9 Å². The zero-order chi connectivity index (χ0) is 24.6. The molecule has 1 heterocycles. The molecule has 1 aliphatic rings. The van der Waals surface area contributed by atoms with Crippen LogP contribution in [0.5, 0.6) is 5.75 Å². The first-order valence-electron chi connectivity index (χ1n) is 11.7. The molecule has 8 heteroatoms. The zero-order valence-corrected chi connectivity index (χ0v) is 20.2. The van der Waals surface area contributed by atoms with Gasteiger partial charge in [-0.2, -0.15) is 0 Å². The number of nitrogens with two attached hydrogens (primary N) is 1. The number of ether oxygens (including phenoxy) is 2. The number of carboxylic acid groups (broad SMARTS) is 1. The molecule has 0 amide bonds. The van der Waals surface area contributed by atoms with Gasteiger partial charge in [0.25, 0.3) is 0 Å². The number of nitrogens with zero attached hydrogens (tertiary/aromatic N) is 1. The van der Waals surface area contributed by atoms with E-state index < -0.39 is 36.5 Å². The van der Waals surface area contributed by atoms with Crippen molar-refractivity contribution in [2.75, 3.05) is 26.7 Å². The zero-order valence-electron chi connectivity index (χ0n) is 20.2. The fourth-order valence-corrected chi connectivity index (χ4v) is 4.43. The van der Waals surface area contributed by atoms with E-state index in [-0.39, 0.29) is 17.8 Å². The molecule has 0 spiro atoms. The van der Waals surface area contributed by atoms with Crippen LogP contribution in [0.25, 0.3) is 0 Å². The standard InChI is InChI=1S/C25H38N2O6/c1-5-25(11-6-7-12-27(4)16-25)18-9-8-10-19(13-18)33-22(28)14-20(17(2)3)24(31)32-15-21(26)23(29)30/h8-10,13,17,20-21H,5-7,11-12,14-16,26H2,1-4H3,(H,29,30)/t20?,21-,25?/m0/s1. The van der Waals surface area contributed by atoms with Crippen molar-refractivity contribution in [1.29, 1.82) is 0 Å². The summed E-state index contributed by atoms with van der Waals surface area (Å²) in [7, 11) is 2.15. The van der Waals surface area contributed by atoms with Crippen molar-refractivity contribution < 1.29 is 29.0 Å². The predicted molar refractivity (Wildman–Crippen MR) is 125 cm³/mol. The topological polar surface area (TPSA) is 119 Å². The summed E-state index contributed by atoms with van der Waals surface area (Å²) in [6.07, 6.45) is 4.26. The normalized spacial score (nSPS) is 21.2. The van der Waals surface area contributed by atoms with Gasteiger partial charge in [-0.05, 0) is 56.5 Å². The smallest absolute Gasteiger partial charge is 0.324 e. The third-order valence-electron chi connectivity index (χ3n) is 6.59. The van der Waals surface area contributed by atoms with Crippen molar-refractivity contribution >= 4 is 17.9 Å². The molecule has 0 aromatic heterocycles. The van der Waals surface area contributed by atoms with Crippen molar-refractivity contribution in [2.45, 2.75) is 64.3 Å². The Hall–Kier alpha value is -2.45. The fourth-order valence-electron chi connectivity index (χ4n) is 4.43. The molecule has 33 heavy (non-hydrogen) atoms. The number of hydrogen-bond acceptors (Lipinski definition) is 7. The molecule has 2 unspecified atom stereocenters. The van der Waals surface area contributed by atoms with E-state index in [1.54, 1.807) is 19.9 Å². The minimum Gasteiger partial charge on any atom is -0.480 e. The number of carbonyl (C=O) groups excluding carboxylic acids is 2. The van der Waals surface area contributed by atoms with E-state index in [2.05, 4.69) is 24.9 Å². The molecule has 184 valence electrons. The second kappa shape index (κ2) is 12.1. The van der Waals surface area contributed by atoms with Crippen LogP contribution < -0.4 is 10.5 Å². The Morgan fingerprint density at radius 2 is 1.97 bits per heavy atom. The van der Waals surface area contributed by atoms with Gasteiger partial charge in [0.2, 0.25) is 0 Å². The predicted octanol–water partition coefficient (Wildman–Crippen LogP) is 2.97. The number of aliphatic carboxylic acids is 1. The van der Waals surface area contributed by atoms with Gasteiger partial charge in [-0.25, -0.2) is 0 Å². The molecule has 0 bridgehead atoms. The van der Waals surface area contributed by atoms with Crippen molar-refractivity contribution in [3.63, 3.8) is 0 Å². The maximum absolute atomic E-state index is 12.7. The summed E-state index contributed by atoms with van der Waals surface area (Å²) in [5.74, 6) is -2.93. The van der Waals surface area contributed by atoms with Gasteiger partial charge in [0.15, 0.2) is 0 Å². The lowest BCUT2D eigenvalue weighted by Crippen LogP contribution is -2.37. The van der Waals surface area contributed by atoms with Gasteiger partial charge >= 0.3 is 17.9 Å². The molecule has 0 saturated carbocycles. The molecule has 1 aliphatic heterocycles. The van der Waals surface area contributed by atoms with Crippen molar-refractivity contribution in [2.24, 2.45) is 17.6 Å². The lowest BCUT2D eigenvalue weighted by atomic mass is 9.74. The first kappa shape index (κ1) is 26.8. The molecule has 1 aromatic rings. The number of esters is 2. The SMILES string of the molecule is CCC1(c2cccc(OC(=O)CC(C(=O)OC[C@H](N)C(=O)O)C(C)C)c2)CCCCN(C)C1. The van der Waals surface area contributed by atoms with Crippen LogP contribution in [0.2, 0.25) is 0 Å². The monoisotopic (exact) mass is 462 g/mol. The van der Waals surface area contributed by atoms with E-state index in [1.807, 2.05) is 12.1 Å².